The maximum Gasteiger partial charge on any atom is 0.134 e. The van der Waals surface area contributed by atoms with Crippen LogP contribution >= 0.6 is 11.3 Å². The van der Waals surface area contributed by atoms with Crippen LogP contribution in [-0.2, 0) is 19.4 Å². The number of hydrogen-bond acceptors (Lipinski definition) is 5. The Morgan fingerprint density at radius 1 is 1.09 bits per heavy atom. The lowest BCUT2D eigenvalue weighted by Gasteiger charge is -2.33. The van der Waals surface area contributed by atoms with Gasteiger partial charge in [-0.05, 0) is 72.1 Å². The molecule has 2 aromatic carbocycles. The van der Waals surface area contributed by atoms with Gasteiger partial charge in [0.15, 0.2) is 0 Å². The zero-order valence-corrected chi connectivity index (χ0v) is 20.1. The number of rotatable bonds is 5. The van der Waals surface area contributed by atoms with Gasteiger partial charge in [0.1, 0.15) is 23.4 Å². The third kappa shape index (κ3) is 5.16. The minimum absolute atomic E-state index is 0.276. The van der Waals surface area contributed by atoms with E-state index >= 15 is 0 Å². The first-order valence-corrected chi connectivity index (χ1v) is 12.0. The SMILES string of the molecule is CC(C)(C)[C@@H]1CCc2c(sc(N=Cc3ccc(OCc4ccccc4C#N)cc3)c2C#N)C1. The van der Waals surface area contributed by atoms with Crippen LogP contribution in [0.5, 0.6) is 5.75 Å². The normalized spacial score (nSPS) is 15.6. The van der Waals surface area contributed by atoms with Gasteiger partial charge >= 0.3 is 0 Å². The topological polar surface area (TPSA) is 69.2 Å². The van der Waals surface area contributed by atoms with Gasteiger partial charge in [0.2, 0.25) is 0 Å². The molecule has 0 saturated carbocycles. The third-order valence-electron chi connectivity index (χ3n) is 6.33. The van der Waals surface area contributed by atoms with Gasteiger partial charge in [-0.2, -0.15) is 10.5 Å². The number of nitrogens with zero attached hydrogens (tertiary/aromatic N) is 3. The van der Waals surface area contributed by atoms with Gasteiger partial charge in [-0.1, -0.05) is 39.0 Å². The summed E-state index contributed by atoms with van der Waals surface area (Å²) in [6.07, 6.45) is 4.95. The molecule has 0 amide bonds. The molecule has 0 N–H and O–H groups in total. The third-order valence-corrected chi connectivity index (χ3v) is 7.49. The quantitative estimate of drug-likeness (QED) is 0.392. The van der Waals surface area contributed by atoms with E-state index in [1.54, 1.807) is 17.4 Å². The molecule has 0 saturated heterocycles. The summed E-state index contributed by atoms with van der Waals surface area (Å²) < 4.78 is 5.84. The van der Waals surface area contributed by atoms with Crippen molar-refractivity contribution >= 4 is 22.6 Å². The van der Waals surface area contributed by atoms with Crippen molar-refractivity contribution in [2.45, 2.75) is 46.6 Å². The number of ether oxygens (including phenoxy) is 1. The lowest BCUT2D eigenvalue weighted by Crippen LogP contribution is -2.26. The molecule has 1 aliphatic carbocycles. The van der Waals surface area contributed by atoms with Crippen molar-refractivity contribution in [3.63, 3.8) is 0 Å². The number of aliphatic imine (C=N–C) groups is 1. The Kier molecular flexibility index (Phi) is 6.63. The minimum atomic E-state index is 0.276. The Balaban J connectivity index is 1.45. The fraction of sp³-hybridized carbons (Fsp3) is 0.321. The molecular formula is C28H27N3OS. The second-order valence-corrected chi connectivity index (χ2v) is 10.6. The van der Waals surface area contributed by atoms with Gasteiger partial charge in [0, 0.05) is 16.7 Å². The molecule has 0 bridgehead atoms. The Bertz CT molecular complexity index is 1250. The second kappa shape index (κ2) is 9.61. The van der Waals surface area contributed by atoms with Crippen LogP contribution in [0.25, 0.3) is 0 Å². The van der Waals surface area contributed by atoms with Gasteiger partial charge in [-0.25, -0.2) is 4.99 Å². The molecule has 33 heavy (non-hydrogen) atoms. The summed E-state index contributed by atoms with van der Waals surface area (Å²) >= 11 is 1.67. The first-order valence-electron chi connectivity index (χ1n) is 11.2. The molecule has 0 radical (unpaired) electrons. The largest absolute Gasteiger partial charge is 0.489 e. The first kappa shape index (κ1) is 22.8. The molecule has 3 aromatic rings. The van der Waals surface area contributed by atoms with E-state index in [9.17, 15) is 10.5 Å². The standard InChI is InChI=1S/C28H27N3OS/c1-28(2,3)22-10-13-24-25(16-30)27(33-26(24)14-22)31-17-19-8-11-23(12-9-19)32-18-21-7-5-4-6-20(21)15-29/h4-9,11-12,17,22H,10,13-14,18H2,1-3H3/t22-/m1/s1. The smallest absolute Gasteiger partial charge is 0.134 e. The molecule has 4 rings (SSSR count). The van der Waals surface area contributed by atoms with Gasteiger partial charge in [-0.15, -0.1) is 11.3 Å². The molecule has 0 aliphatic heterocycles. The van der Waals surface area contributed by atoms with Crippen molar-refractivity contribution in [3.05, 3.63) is 81.2 Å². The zero-order chi connectivity index (χ0) is 23.4. The van der Waals surface area contributed by atoms with E-state index in [0.717, 1.165) is 46.7 Å². The van der Waals surface area contributed by atoms with Crippen LogP contribution in [0, 0.1) is 34.0 Å². The van der Waals surface area contributed by atoms with Crippen molar-refractivity contribution in [2.24, 2.45) is 16.3 Å². The highest BCUT2D eigenvalue weighted by atomic mass is 32.1. The highest BCUT2D eigenvalue weighted by Crippen LogP contribution is 2.44. The molecule has 166 valence electrons. The molecule has 0 fully saturated rings. The van der Waals surface area contributed by atoms with Crippen LogP contribution < -0.4 is 4.74 Å². The van der Waals surface area contributed by atoms with Gasteiger partial charge in [-0.3, -0.25) is 0 Å². The predicted molar refractivity (Wildman–Crippen MR) is 133 cm³/mol. The van der Waals surface area contributed by atoms with E-state index in [0.29, 0.717) is 18.1 Å². The summed E-state index contributed by atoms with van der Waals surface area (Å²) in [4.78, 5) is 6.00. The molecule has 1 atom stereocenters. The van der Waals surface area contributed by atoms with Crippen LogP contribution in [0.2, 0.25) is 0 Å². The molecule has 0 spiro atoms. The van der Waals surface area contributed by atoms with E-state index in [4.69, 9.17) is 4.74 Å². The fourth-order valence-corrected chi connectivity index (χ4v) is 5.44. The Labute approximate surface area is 199 Å². The number of fused-ring (bicyclic) bond motifs is 1. The number of benzene rings is 2. The maximum atomic E-state index is 9.76. The Morgan fingerprint density at radius 2 is 1.85 bits per heavy atom. The van der Waals surface area contributed by atoms with E-state index in [1.165, 1.54) is 10.4 Å². The highest BCUT2D eigenvalue weighted by molar-refractivity contribution is 7.16. The Morgan fingerprint density at radius 3 is 2.55 bits per heavy atom. The van der Waals surface area contributed by atoms with Gasteiger partial charge < -0.3 is 4.74 Å². The monoisotopic (exact) mass is 453 g/mol. The lowest BCUT2D eigenvalue weighted by atomic mass is 9.72. The van der Waals surface area contributed by atoms with E-state index in [1.807, 2.05) is 48.7 Å². The van der Waals surface area contributed by atoms with Crippen LogP contribution in [0.15, 0.2) is 53.5 Å². The van der Waals surface area contributed by atoms with Crippen LogP contribution in [0.3, 0.4) is 0 Å². The number of nitriles is 2. The second-order valence-electron chi connectivity index (χ2n) is 9.49. The number of hydrogen-bond donors (Lipinski definition) is 0. The molecule has 1 aliphatic rings. The zero-order valence-electron chi connectivity index (χ0n) is 19.3. The van der Waals surface area contributed by atoms with Crippen LogP contribution in [-0.4, -0.2) is 6.21 Å². The summed E-state index contributed by atoms with van der Waals surface area (Å²) in [6, 6.07) is 19.7. The summed E-state index contributed by atoms with van der Waals surface area (Å²) in [5, 5.41) is 19.8. The van der Waals surface area contributed by atoms with Crippen LogP contribution in [0.4, 0.5) is 5.00 Å². The van der Waals surface area contributed by atoms with Crippen LogP contribution in [0.1, 0.15) is 59.9 Å². The molecular weight excluding hydrogens is 426 g/mol. The van der Waals surface area contributed by atoms with Gasteiger partial charge in [0.05, 0.1) is 17.2 Å². The predicted octanol–water partition coefficient (Wildman–Crippen LogP) is 6.97. The minimum Gasteiger partial charge on any atom is -0.489 e. The molecule has 4 nitrogen and oxygen atoms in total. The van der Waals surface area contributed by atoms with Crippen molar-refractivity contribution in [1.29, 1.82) is 10.5 Å². The van der Waals surface area contributed by atoms with Gasteiger partial charge in [0.25, 0.3) is 0 Å². The maximum absolute atomic E-state index is 9.76. The average Bonchev–Trinajstić information content (AvgIpc) is 3.18. The highest BCUT2D eigenvalue weighted by Gasteiger charge is 2.32. The summed E-state index contributed by atoms with van der Waals surface area (Å²) in [7, 11) is 0. The lowest BCUT2D eigenvalue weighted by molar-refractivity contribution is 0.218. The van der Waals surface area contributed by atoms with Crippen molar-refractivity contribution < 1.29 is 4.74 Å². The number of thiophene rings is 1. The molecule has 1 heterocycles. The van der Waals surface area contributed by atoms with E-state index < -0.39 is 0 Å². The van der Waals surface area contributed by atoms with Crippen molar-refractivity contribution in [2.75, 3.05) is 0 Å². The summed E-state index contributed by atoms with van der Waals surface area (Å²) in [5.74, 6) is 1.37. The first-order chi connectivity index (χ1) is 15.9. The van der Waals surface area contributed by atoms with Crippen molar-refractivity contribution in [3.8, 4) is 17.9 Å². The summed E-state index contributed by atoms with van der Waals surface area (Å²) in [5.41, 5.74) is 4.67. The summed E-state index contributed by atoms with van der Waals surface area (Å²) in [6.45, 7) is 7.25. The molecule has 5 heteroatoms. The molecule has 1 aromatic heterocycles. The van der Waals surface area contributed by atoms with Crippen molar-refractivity contribution in [1.82, 2.24) is 0 Å². The molecule has 0 unspecified atom stereocenters. The average molecular weight is 454 g/mol. The Hall–Kier alpha value is -3.41. The fourth-order valence-electron chi connectivity index (χ4n) is 4.22. The van der Waals surface area contributed by atoms with E-state index in [2.05, 4.69) is 37.9 Å². The van der Waals surface area contributed by atoms with E-state index in [-0.39, 0.29) is 5.41 Å².